The van der Waals surface area contributed by atoms with Crippen LogP contribution in [-0.4, -0.2) is 68.6 Å². The van der Waals surface area contributed by atoms with Gasteiger partial charge in [0.25, 0.3) is 0 Å². The maximum Gasteiger partial charge on any atom is 0.238 e. The summed E-state index contributed by atoms with van der Waals surface area (Å²) in [5.74, 6) is 0.0101. The van der Waals surface area contributed by atoms with Crippen LogP contribution in [0.3, 0.4) is 0 Å². The number of thiol groups is 1. The molecule has 9 heteroatoms. The van der Waals surface area contributed by atoms with E-state index in [4.69, 9.17) is 11.5 Å². The highest BCUT2D eigenvalue weighted by molar-refractivity contribution is 7.78. The van der Waals surface area contributed by atoms with Gasteiger partial charge in [-0.1, -0.05) is 26.7 Å². The summed E-state index contributed by atoms with van der Waals surface area (Å²) in [4.78, 5) is 18.2. The van der Waals surface area contributed by atoms with Crippen molar-refractivity contribution in [2.45, 2.75) is 32.7 Å². The van der Waals surface area contributed by atoms with Gasteiger partial charge in [0.1, 0.15) is 0 Å². The largest absolute Gasteiger partial charge is 0.370 e. The van der Waals surface area contributed by atoms with Gasteiger partial charge in [-0.2, -0.15) is 0 Å². The minimum Gasteiger partial charge on any atom is -0.370 e. The summed E-state index contributed by atoms with van der Waals surface area (Å²) in [5, 5.41) is 6.21. The van der Waals surface area contributed by atoms with Gasteiger partial charge in [0, 0.05) is 32.7 Å². The number of hydrogen-bond donors (Lipinski definition) is 6. The average Bonchev–Trinajstić information content (AvgIpc) is 2.54. The molecule has 0 rings (SSSR count). The van der Waals surface area contributed by atoms with E-state index in [1.165, 1.54) is 0 Å². The van der Waals surface area contributed by atoms with Gasteiger partial charge in [0.15, 0.2) is 5.96 Å². The van der Waals surface area contributed by atoms with E-state index < -0.39 is 0 Å². The molecular weight excluding hydrogens is 314 g/mol. The molecule has 0 bridgehead atoms. The van der Waals surface area contributed by atoms with Gasteiger partial charge in [-0.05, 0) is 25.9 Å². The van der Waals surface area contributed by atoms with Crippen molar-refractivity contribution < 1.29 is 4.79 Å². The van der Waals surface area contributed by atoms with Gasteiger partial charge >= 0.3 is 0 Å². The highest BCUT2D eigenvalue weighted by atomic mass is 32.1. The summed E-state index contributed by atoms with van der Waals surface area (Å²) < 4.78 is 2.72. The van der Waals surface area contributed by atoms with Crippen LogP contribution < -0.4 is 26.8 Å². The SMILES string of the molecule is CCN(CC)CCNCCNC(=O)C(CCCN=C(N)N)NS. The number of rotatable bonds is 14. The molecule has 0 aromatic carbocycles. The molecule has 136 valence electrons. The highest BCUT2D eigenvalue weighted by Gasteiger charge is 2.15. The fraction of sp³-hybridized carbons (Fsp3) is 0.857. The van der Waals surface area contributed by atoms with Crippen molar-refractivity contribution in [2.24, 2.45) is 16.5 Å². The Morgan fingerprint density at radius 3 is 2.48 bits per heavy atom. The number of hydrogen-bond acceptors (Lipinski definition) is 6. The molecule has 0 saturated heterocycles. The summed E-state index contributed by atoms with van der Waals surface area (Å²) in [6.45, 7) is 10.2. The molecule has 0 radical (unpaired) electrons. The third kappa shape index (κ3) is 12.1. The van der Waals surface area contributed by atoms with Crippen molar-refractivity contribution in [3.05, 3.63) is 0 Å². The number of nitrogens with one attached hydrogen (secondary N) is 3. The molecule has 8 nitrogen and oxygen atoms in total. The number of carbonyl (C=O) groups excluding carboxylic acids is 1. The maximum absolute atomic E-state index is 12.0. The summed E-state index contributed by atoms with van der Waals surface area (Å²) in [7, 11) is 0. The lowest BCUT2D eigenvalue weighted by atomic mass is 10.1. The first-order valence-corrected chi connectivity index (χ1v) is 8.65. The van der Waals surface area contributed by atoms with Crippen LogP contribution in [0.2, 0.25) is 0 Å². The molecule has 23 heavy (non-hydrogen) atoms. The highest BCUT2D eigenvalue weighted by Crippen LogP contribution is 1.99. The molecule has 0 aromatic heterocycles. The number of amides is 1. The lowest BCUT2D eigenvalue weighted by Crippen LogP contribution is -2.43. The Morgan fingerprint density at radius 2 is 1.91 bits per heavy atom. The lowest BCUT2D eigenvalue weighted by molar-refractivity contribution is -0.122. The number of guanidine groups is 1. The lowest BCUT2D eigenvalue weighted by Gasteiger charge is -2.18. The van der Waals surface area contributed by atoms with Crippen LogP contribution >= 0.6 is 12.8 Å². The van der Waals surface area contributed by atoms with E-state index in [9.17, 15) is 4.79 Å². The minimum atomic E-state index is -0.344. The maximum atomic E-state index is 12.0. The first kappa shape index (κ1) is 22.0. The zero-order chi connectivity index (χ0) is 17.5. The van der Waals surface area contributed by atoms with Gasteiger partial charge in [-0.25, -0.2) is 0 Å². The quantitative estimate of drug-likeness (QED) is 0.103. The van der Waals surface area contributed by atoms with Crippen molar-refractivity contribution in [1.29, 1.82) is 0 Å². The van der Waals surface area contributed by atoms with Gasteiger partial charge < -0.3 is 27.0 Å². The van der Waals surface area contributed by atoms with E-state index in [1.54, 1.807) is 0 Å². The van der Waals surface area contributed by atoms with E-state index in [2.05, 4.69) is 51.9 Å². The van der Waals surface area contributed by atoms with Crippen molar-refractivity contribution in [2.75, 3.05) is 45.8 Å². The standard InChI is InChI=1S/C14H33N7OS/c1-3-21(4-2)11-10-17-8-9-18-13(22)12(20-23)6-5-7-19-14(15)16/h12,17,20,23H,3-11H2,1-2H3,(H,18,22)(H4,15,16,19). The van der Waals surface area contributed by atoms with Crippen LogP contribution in [0.25, 0.3) is 0 Å². The Bertz CT molecular complexity index is 333. The molecule has 0 aromatic rings. The van der Waals surface area contributed by atoms with Gasteiger partial charge in [-0.3, -0.25) is 14.5 Å². The Morgan fingerprint density at radius 1 is 1.22 bits per heavy atom. The number of nitrogens with two attached hydrogens (primary N) is 2. The van der Waals surface area contributed by atoms with Crippen molar-refractivity contribution in [3.63, 3.8) is 0 Å². The summed E-state index contributed by atoms with van der Waals surface area (Å²) >= 11 is 4.00. The molecule has 0 aliphatic carbocycles. The molecule has 0 saturated carbocycles. The Hall–Kier alpha value is -1.03. The fourth-order valence-corrected chi connectivity index (χ4v) is 2.30. The topological polar surface area (TPSA) is 121 Å². The average molecular weight is 348 g/mol. The number of aliphatic imine (C=N–C) groups is 1. The smallest absolute Gasteiger partial charge is 0.238 e. The molecule has 0 spiro atoms. The second kappa shape index (κ2) is 14.6. The molecule has 7 N–H and O–H groups in total. The van der Waals surface area contributed by atoms with Crippen molar-refractivity contribution in [3.8, 4) is 0 Å². The van der Waals surface area contributed by atoms with Crippen molar-refractivity contribution >= 4 is 24.7 Å². The second-order valence-electron chi connectivity index (χ2n) is 5.20. The normalized spacial score (nSPS) is 12.2. The number of carbonyl (C=O) groups is 1. The molecule has 1 atom stereocenters. The van der Waals surface area contributed by atoms with Crippen molar-refractivity contribution in [1.82, 2.24) is 20.3 Å². The second-order valence-corrected chi connectivity index (χ2v) is 5.46. The van der Waals surface area contributed by atoms with E-state index in [-0.39, 0.29) is 17.9 Å². The molecule has 0 aliphatic heterocycles. The Labute approximate surface area is 145 Å². The summed E-state index contributed by atoms with van der Waals surface area (Å²) in [5.41, 5.74) is 10.5. The van der Waals surface area contributed by atoms with Crippen LogP contribution in [0.15, 0.2) is 4.99 Å². The summed E-state index contributed by atoms with van der Waals surface area (Å²) in [6, 6.07) is -0.344. The molecule has 0 heterocycles. The van der Waals surface area contributed by atoms with E-state index in [1.807, 2.05) is 0 Å². The monoisotopic (exact) mass is 347 g/mol. The predicted molar refractivity (Wildman–Crippen MR) is 99.5 cm³/mol. The van der Waals surface area contributed by atoms with Crippen LogP contribution in [-0.2, 0) is 4.79 Å². The zero-order valence-electron chi connectivity index (χ0n) is 14.3. The zero-order valence-corrected chi connectivity index (χ0v) is 15.2. The van der Waals surface area contributed by atoms with Gasteiger partial charge in [-0.15, -0.1) is 0 Å². The van der Waals surface area contributed by atoms with E-state index in [0.29, 0.717) is 25.9 Å². The molecule has 1 amide bonds. The first-order valence-electron chi connectivity index (χ1n) is 8.20. The molecule has 1 unspecified atom stereocenters. The van der Waals surface area contributed by atoms with E-state index in [0.717, 1.165) is 32.7 Å². The predicted octanol–water partition coefficient (Wildman–Crippen LogP) is -1.11. The van der Waals surface area contributed by atoms with E-state index >= 15 is 0 Å². The van der Waals surface area contributed by atoms with Gasteiger partial charge in [0.2, 0.25) is 5.91 Å². The minimum absolute atomic E-state index is 0.0600. The van der Waals surface area contributed by atoms with Crippen LogP contribution in [0.5, 0.6) is 0 Å². The third-order valence-corrected chi connectivity index (χ3v) is 3.83. The number of likely N-dealkylation sites (N-methyl/N-ethyl adjacent to an activating group) is 1. The molecule has 0 aliphatic rings. The fourth-order valence-electron chi connectivity index (χ4n) is 2.06. The van der Waals surface area contributed by atoms with Crippen LogP contribution in [0, 0.1) is 0 Å². The van der Waals surface area contributed by atoms with Crippen LogP contribution in [0.1, 0.15) is 26.7 Å². The molecule has 0 fully saturated rings. The number of nitrogens with zero attached hydrogens (tertiary/aromatic N) is 2. The third-order valence-electron chi connectivity index (χ3n) is 3.52. The summed E-state index contributed by atoms with van der Waals surface area (Å²) in [6.07, 6.45) is 1.34. The first-order chi connectivity index (χ1) is 11.0. The Balaban J connectivity index is 3.74. The van der Waals surface area contributed by atoms with Gasteiger partial charge in [0.05, 0.1) is 6.04 Å². The Kier molecular flexibility index (Phi) is 13.9. The van der Waals surface area contributed by atoms with Crippen LogP contribution in [0.4, 0.5) is 0 Å². The molecular formula is C14H33N7OS.